The highest BCUT2D eigenvalue weighted by Gasteiger charge is 2.28. The molecule has 0 radical (unpaired) electrons. The van der Waals surface area contributed by atoms with Crippen molar-refractivity contribution in [1.29, 1.82) is 0 Å². The van der Waals surface area contributed by atoms with E-state index in [1.165, 1.54) is 6.07 Å². The molecule has 0 spiro atoms. The largest absolute Gasteiger partial charge is 0.343 e. The summed E-state index contributed by atoms with van der Waals surface area (Å²) in [5.74, 6) is -0.322. The first kappa shape index (κ1) is 18.8. The van der Waals surface area contributed by atoms with E-state index in [1.54, 1.807) is 18.3 Å². The summed E-state index contributed by atoms with van der Waals surface area (Å²) in [6, 6.07) is 22.8. The molecule has 0 saturated heterocycles. The van der Waals surface area contributed by atoms with Crippen LogP contribution >= 0.6 is 0 Å². The van der Waals surface area contributed by atoms with Crippen molar-refractivity contribution in [3.05, 3.63) is 108 Å². The number of nitrogens with one attached hydrogen (secondary N) is 1. The smallest absolute Gasteiger partial charge is 0.225 e. The number of nitrogens with zero attached hydrogens (tertiary/aromatic N) is 2. The zero-order chi connectivity index (χ0) is 21.7. The first-order chi connectivity index (χ1) is 15.7. The minimum atomic E-state index is -0.240. The van der Waals surface area contributed by atoms with E-state index in [-0.39, 0.29) is 17.6 Å². The molecule has 1 N–H and O–H groups in total. The molecule has 6 rings (SSSR count). The fourth-order valence-corrected chi connectivity index (χ4v) is 4.82. The molecule has 32 heavy (non-hydrogen) atoms. The van der Waals surface area contributed by atoms with Gasteiger partial charge < -0.3 is 9.88 Å². The number of amides is 1. The van der Waals surface area contributed by atoms with Crippen LogP contribution in [0.2, 0.25) is 0 Å². The minimum absolute atomic E-state index is 0.00154. The van der Waals surface area contributed by atoms with Gasteiger partial charge in [0.15, 0.2) is 0 Å². The van der Waals surface area contributed by atoms with Gasteiger partial charge in [0.05, 0.1) is 16.7 Å². The highest BCUT2D eigenvalue weighted by molar-refractivity contribution is 6.06. The lowest BCUT2D eigenvalue weighted by atomic mass is 9.88. The second-order valence-electron chi connectivity index (χ2n) is 8.30. The molecule has 1 atom stereocenters. The quantitative estimate of drug-likeness (QED) is 0.397. The lowest BCUT2D eigenvalue weighted by molar-refractivity contribution is -0.116. The molecule has 0 aliphatic carbocycles. The fourth-order valence-electron chi connectivity index (χ4n) is 4.82. The van der Waals surface area contributed by atoms with Gasteiger partial charge in [-0.25, -0.2) is 4.39 Å². The summed E-state index contributed by atoms with van der Waals surface area (Å²) in [5, 5.41) is 5.19. The Morgan fingerprint density at radius 3 is 2.84 bits per heavy atom. The summed E-state index contributed by atoms with van der Waals surface area (Å²) in [6.07, 6.45) is 4.27. The zero-order valence-electron chi connectivity index (χ0n) is 17.3. The Kier molecular flexibility index (Phi) is 4.28. The average Bonchev–Trinajstić information content (AvgIpc) is 3.08. The van der Waals surface area contributed by atoms with E-state index in [9.17, 15) is 9.18 Å². The first-order valence-electron chi connectivity index (χ1n) is 10.7. The third-order valence-corrected chi connectivity index (χ3v) is 6.25. The van der Waals surface area contributed by atoms with Crippen molar-refractivity contribution in [1.82, 2.24) is 9.55 Å². The molecule has 156 valence electrons. The summed E-state index contributed by atoms with van der Waals surface area (Å²) in [5.41, 5.74) is 5.87. The van der Waals surface area contributed by atoms with Gasteiger partial charge in [0.25, 0.3) is 0 Å². The highest BCUT2D eigenvalue weighted by Crippen LogP contribution is 2.41. The van der Waals surface area contributed by atoms with Gasteiger partial charge in [-0.3, -0.25) is 9.78 Å². The predicted molar refractivity (Wildman–Crippen MR) is 124 cm³/mol. The van der Waals surface area contributed by atoms with Gasteiger partial charge in [0.2, 0.25) is 5.91 Å². The Morgan fingerprint density at radius 2 is 1.94 bits per heavy atom. The van der Waals surface area contributed by atoms with E-state index in [2.05, 4.69) is 39.3 Å². The number of benzene rings is 3. The maximum Gasteiger partial charge on any atom is 0.225 e. The number of aromatic nitrogens is 2. The average molecular weight is 421 g/mol. The SMILES string of the molecule is O=C1CC(c2ccc3ncccc3c2)c2cn(Cc3cccc(F)c3)c3cccc(c23)N1. The number of fused-ring (bicyclic) bond motifs is 1. The number of rotatable bonds is 3. The Balaban J connectivity index is 1.53. The summed E-state index contributed by atoms with van der Waals surface area (Å²) in [7, 11) is 0. The van der Waals surface area contributed by atoms with E-state index in [4.69, 9.17) is 0 Å². The topological polar surface area (TPSA) is 46.9 Å². The molecule has 1 unspecified atom stereocenters. The highest BCUT2D eigenvalue weighted by atomic mass is 19.1. The molecular formula is C27H20FN3O. The second kappa shape index (κ2) is 7.31. The molecule has 3 aromatic carbocycles. The molecule has 1 aliphatic rings. The van der Waals surface area contributed by atoms with E-state index in [0.717, 1.165) is 44.2 Å². The maximum atomic E-state index is 13.8. The Bertz CT molecular complexity index is 1500. The molecule has 0 fully saturated rings. The van der Waals surface area contributed by atoms with Crippen molar-refractivity contribution in [2.75, 3.05) is 5.32 Å². The van der Waals surface area contributed by atoms with Crippen molar-refractivity contribution in [3.63, 3.8) is 0 Å². The molecule has 3 heterocycles. The third-order valence-electron chi connectivity index (χ3n) is 6.25. The lowest BCUT2D eigenvalue weighted by Crippen LogP contribution is -2.14. The second-order valence-corrected chi connectivity index (χ2v) is 8.30. The van der Waals surface area contributed by atoms with Gasteiger partial charge in [-0.15, -0.1) is 0 Å². The van der Waals surface area contributed by atoms with Crippen LogP contribution in [0, 0.1) is 5.82 Å². The van der Waals surface area contributed by atoms with Crippen molar-refractivity contribution in [2.24, 2.45) is 0 Å². The van der Waals surface area contributed by atoms with Crippen LogP contribution in [-0.2, 0) is 11.3 Å². The van der Waals surface area contributed by atoms with E-state index in [1.807, 2.05) is 36.4 Å². The Morgan fingerprint density at radius 1 is 1.03 bits per heavy atom. The molecular weight excluding hydrogens is 401 g/mol. The normalized spacial score (nSPS) is 15.7. The lowest BCUT2D eigenvalue weighted by Gasteiger charge is -2.15. The van der Waals surface area contributed by atoms with Crippen molar-refractivity contribution in [2.45, 2.75) is 18.9 Å². The number of pyridine rings is 1. The summed E-state index contributed by atoms with van der Waals surface area (Å²) in [4.78, 5) is 17.2. The first-order valence-corrected chi connectivity index (χ1v) is 10.7. The summed E-state index contributed by atoms with van der Waals surface area (Å²) >= 11 is 0. The van der Waals surface area contributed by atoms with E-state index >= 15 is 0 Å². The van der Waals surface area contributed by atoms with Gasteiger partial charge >= 0.3 is 0 Å². The van der Waals surface area contributed by atoms with Gasteiger partial charge in [0.1, 0.15) is 5.82 Å². The standard InChI is InChI=1S/C27H20FN3O/c28-20-6-1-4-17(12-20)15-31-16-22-21(18-9-10-23-19(13-18)5-3-11-29-23)14-26(32)30-24-7-2-8-25(31)27(22)24/h1-13,16,21H,14-15H2,(H,30,32). The molecule has 5 heteroatoms. The molecule has 0 saturated carbocycles. The number of hydrogen-bond acceptors (Lipinski definition) is 2. The summed E-state index contributed by atoms with van der Waals surface area (Å²) in [6.45, 7) is 0.556. The van der Waals surface area contributed by atoms with E-state index < -0.39 is 0 Å². The van der Waals surface area contributed by atoms with Crippen LogP contribution in [0.25, 0.3) is 21.8 Å². The number of anilines is 1. The molecule has 4 nitrogen and oxygen atoms in total. The zero-order valence-corrected chi connectivity index (χ0v) is 17.3. The monoisotopic (exact) mass is 421 g/mol. The van der Waals surface area contributed by atoms with Gasteiger partial charge in [0, 0.05) is 42.0 Å². The van der Waals surface area contributed by atoms with Crippen molar-refractivity contribution < 1.29 is 9.18 Å². The number of halogens is 1. The third kappa shape index (κ3) is 3.14. The maximum absolute atomic E-state index is 13.8. The van der Waals surface area contributed by atoms with Crippen LogP contribution in [0.4, 0.5) is 10.1 Å². The molecule has 0 bridgehead atoms. The molecule has 1 amide bonds. The Labute approximate surface area is 184 Å². The van der Waals surface area contributed by atoms with Crippen LogP contribution < -0.4 is 5.32 Å². The summed E-state index contributed by atoms with van der Waals surface area (Å²) < 4.78 is 15.9. The van der Waals surface area contributed by atoms with Crippen LogP contribution in [0.5, 0.6) is 0 Å². The predicted octanol–water partition coefficient (Wildman–Crippen LogP) is 5.85. The molecule has 2 aromatic heterocycles. The van der Waals surface area contributed by atoms with Gasteiger partial charge in [-0.05, 0) is 59.2 Å². The number of carbonyl (C=O) groups is 1. The minimum Gasteiger partial charge on any atom is -0.343 e. The molecule has 5 aromatic rings. The number of hydrogen-bond donors (Lipinski definition) is 1. The van der Waals surface area contributed by atoms with E-state index in [0.29, 0.717) is 13.0 Å². The fraction of sp³-hybridized carbons (Fsp3) is 0.111. The number of carbonyl (C=O) groups excluding carboxylic acids is 1. The van der Waals surface area contributed by atoms with Crippen molar-refractivity contribution >= 4 is 33.4 Å². The van der Waals surface area contributed by atoms with Gasteiger partial charge in [-0.1, -0.05) is 30.3 Å². The Hall–Kier alpha value is -3.99. The molecule has 1 aliphatic heterocycles. The van der Waals surface area contributed by atoms with Crippen molar-refractivity contribution in [3.8, 4) is 0 Å². The van der Waals surface area contributed by atoms with Gasteiger partial charge in [-0.2, -0.15) is 0 Å². The van der Waals surface area contributed by atoms with Crippen LogP contribution in [0.1, 0.15) is 29.0 Å². The van der Waals surface area contributed by atoms with Crippen LogP contribution in [0.3, 0.4) is 0 Å². The van der Waals surface area contributed by atoms with Crippen LogP contribution in [0.15, 0.2) is 85.2 Å². The van der Waals surface area contributed by atoms with Crippen LogP contribution in [-0.4, -0.2) is 15.5 Å².